The Labute approximate surface area is 205 Å². The number of rotatable bonds is 5. The van der Waals surface area contributed by atoms with Gasteiger partial charge in [0, 0.05) is 24.3 Å². The molecule has 5 heteroatoms. The van der Waals surface area contributed by atoms with E-state index in [-0.39, 0.29) is 18.0 Å². The highest BCUT2D eigenvalue weighted by molar-refractivity contribution is 5.94. The Morgan fingerprint density at radius 3 is 1.94 bits per heavy atom. The number of fused-ring (bicyclic) bond motifs is 1. The van der Waals surface area contributed by atoms with E-state index in [9.17, 15) is 9.59 Å². The maximum absolute atomic E-state index is 13.0. The molecule has 0 fully saturated rings. The minimum atomic E-state index is -0.282. The molecule has 1 aliphatic heterocycles. The van der Waals surface area contributed by atoms with Crippen molar-refractivity contribution in [2.75, 3.05) is 11.9 Å². The molecule has 0 saturated carbocycles. The molecule has 5 rings (SSSR count). The molecule has 174 valence electrons. The van der Waals surface area contributed by atoms with Crippen molar-refractivity contribution >= 4 is 17.6 Å². The van der Waals surface area contributed by atoms with Gasteiger partial charge in [-0.2, -0.15) is 0 Å². The summed E-state index contributed by atoms with van der Waals surface area (Å²) in [6.07, 6.45) is 0.796. The van der Waals surface area contributed by atoms with E-state index < -0.39 is 0 Å². The largest absolute Gasteiger partial charge is 0.334 e. The molecule has 0 aliphatic carbocycles. The highest BCUT2D eigenvalue weighted by atomic mass is 16.2. The zero-order chi connectivity index (χ0) is 24.0. The van der Waals surface area contributed by atoms with Gasteiger partial charge in [-0.05, 0) is 52.9 Å². The van der Waals surface area contributed by atoms with Crippen LogP contribution >= 0.6 is 0 Å². The van der Waals surface area contributed by atoms with E-state index in [1.54, 1.807) is 0 Å². The lowest BCUT2D eigenvalue weighted by Crippen LogP contribution is -2.36. The summed E-state index contributed by atoms with van der Waals surface area (Å²) in [5, 5.41) is 6.10. The van der Waals surface area contributed by atoms with Crippen LogP contribution in [-0.4, -0.2) is 23.4 Å². The van der Waals surface area contributed by atoms with Gasteiger partial charge in [0.25, 0.3) is 5.91 Å². The zero-order valence-electron chi connectivity index (χ0n) is 19.4. The first-order chi connectivity index (χ1) is 17.2. The molecule has 0 unspecified atom stereocenters. The monoisotopic (exact) mass is 461 g/mol. The van der Waals surface area contributed by atoms with Crippen LogP contribution in [0.4, 0.5) is 10.5 Å². The third-order valence-electron chi connectivity index (χ3n) is 6.33. The molecule has 1 aliphatic rings. The predicted molar refractivity (Wildman–Crippen MR) is 138 cm³/mol. The van der Waals surface area contributed by atoms with Gasteiger partial charge in [0.05, 0.1) is 6.04 Å². The second-order valence-electron chi connectivity index (χ2n) is 8.68. The molecular formula is C30H27N3O2. The number of carbonyl (C=O) groups is 2. The van der Waals surface area contributed by atoms with Crippen LogP contribution in [0.5, 0.6) is 0 Å². The summed E-state index contributed by atoms with van der Waals surface area (Å²) in [5.74, 6) is 0.0286. The third kappa shape index (κ3) is 5.25. The molecule has 1 heterocycles. The highest BCUT2D eigenvalue weighted by Gasteiger charge is 2.22. The predicted octanol–water partition coefficient (Wildman–Crippen LogP) is 5.80. The summed E-state index contributed by atoms with van der Waals surface area (Å²) >= 11 is 0. The van der Waals surface area contributed by atoms with Gasteiger partial charge in [-0.25, -0.2) is 4.79 Å². The molecule has 4 aromatic rings. The molecule has 4 aromatic carbocycles. The molecule has 0 radical (unpaired) electrons. The minimum absolute atomic E-state index is 0.0286. The standard InChI is InChI=1S/C30H27N3O2/c34-29(25-14-8-3-9-15-25)33-19-18-22-16-17-27(20-26(22)21-33)31-30(35)32-28(23-10-4-1-5-11-23)24-12-6-2-7-13-24/h1-17,20,28H,18-19,21H2,(H2,31,32,35). The van der Waals surface area contributed by atoms with E-state index in [0.29, 0.717) is 24.3 Å². The number of carbonyl (C=O) groups excluding carboxylic acids is 2. The van der Waals surface area contributed by atoms with Crippen molar-refractivity contribution in [3.63, 3.8) is 0 Å². The fourth-order valence-electron chi connectivity index (χ4n) is 4.52. The Hall–Kier alpha value is -4.38. The maximum Gasteiger partial charge on any atom is 0.319 e. The molecular weight excluding hydrogens is 434 g/mol. The lowest BCUT2D eigenvalue weighted by atomic mass is 9.98. The summed E-state index contributed by atoms with van der Waals surface area (Å²) in [4.78, 5) is 27.8. The molecule has 3 amide bonds. The van der Waals surface area contributed by atoms with Crippen molar-refractivity contribution < 1.29 is 9.59 Å². The lowest BCUT2D eigenvalue weighted by Gasteiger charge is -2.29. The van der Waals surface area contributed by atoms with Gasteiger partial charge in [0.15, 0.2) is 0 Å². The summed E-state index contributed by atoms with van der Waals surface area (Å²) in [5.41, 5.74) is 5.68. The Morgan fingerprint density at radius 1 is 0.714 bits per heavy atom. The van der Waals surface area contributed by atoms with Crippen LogP contribution in [-0.2, 0) is 13.0 Å². The number of benzene rings is 4. The van der Waals surface area contributed by atoms with Crippen LogP contribution < -0.4 is 10.6 Å². The smallest absolute Gasteiger partial charge is 0.319 e. The van der Waals surface area contributed by atoms with Crippen LogP contribution in [0.2, 0.25) is 0 Å². The average Bonchev–Trinajstić information content (AvgIpc) is 2.92. The molecule has 5 nitrogen and oxygen atoms in total. The Morgan fingerprint density at radius 2 is 1.31 bits per heavy atom. The van der Waals surface area contributed by atoms with Gasteiger partial charge in [0.1, 0.15) is 0 Å². The molecule has 35 heavy (non-hydrogen) atoms. The molecule has 2 N–H and O–H groups in total. The molecule has 0 atom stereocenters. The van der Waals surface area contributed by atoms with Crippen molar-refractivity contribution in [3.8, 4) is 0 Å². The first kappa shape index (κ1) is 22.4. The number of urea groups is 1. The zero-order valence-corrected chi connectivity index (χ0v) is 19.4. The number of hydrogen-bond acceptors (Lipinski definition) is 2. The average molecular weight is 462 g/mol. The van der Waals surface area contributed by atoms with Gasteiger partial charge >= 0.3 is 6.03 Å². The van der Waals surface area contributed by atoms with Crippen molar-refractivity contribution in [1.82, 2.24) is 10.2 Å². The summed E-state index contributed by atoms with van der Waals surface area (Å²) < 4.78 is 0. The fourth-order valence-corrected chi connectivity index (χ4v) is 4.52. The Balaban J connectivity index is 1.30. The number of nitrogens with zero attached hydrogens (tertiary/aromatic N) is 1. The van der Waals surface area contributed by atoms with Gasteiger partial charge < -0.3 is 15.5 Å². The maximum atomic E-state index is 13.0. The van der Waals surface area contributed by atoms with E-state index in [1.165, 1.54) is 5.56 Å². The number of anilines is 1. The van der Waals surface area contributed by atoms with Crippen LogP contribution in [0.1, 0.15) is 38.7 Å². The molecule has 0 spiro atoms. The fraction of sp³-hybridized carbons (Fsp3) is 0.133. The van der Waals surface area contributed by atoms with E-state index in [0.717, 1.165) is 23.1 Å². The number of hydrogen-bond donors (Lipinski definition) is 2. The van der Waals surface area contributed by atoms with E-state index in [2.05, 4.69) is 10.6 Å². The van der Waals surface area contributed by atoms with Gasteiger partial charge in [0.2, 0.25) is 0 Å². The van der Waals surface area contributed by atoms with Gasteiger partial charge in [-0.3, -0.25) is 4.79 Å². The number of amides is 3. The normalized spacial score (nSPS) is 12.7. The number of nitrogens with one attached hydrogen (secondary N) is 2. The van der Waals surface area contributed by atoms with Crippen LogP contribution in [0.15, 0.2) is 109 Å². The van der Waals surface area contributed by atoms with Crippen molar-refractivity contribution in [2.24, 2.45) is 0 Å². The molecule has 0 saturated heterocycles. The van der Waals surface area contributed by atoms with Gasteiger partial charge in [-0.1, -0.05) is 84.9 Å². The first-order valence-electron chi connectivity index (χ1n) is 11.8. The van der Waals surface area contributed by atoms with Crippen molar-refractivity contribution in [1.29, 1.82) is 0 Å². The second-order valence-corrected chi connectivity index (χ2v) is 8.68. The summed E-state index contributed by atoms with van der Waals surface area (Å²) in [6, 6.07) is 34.6. The SMILES string of the molecule is O=C(Nc1ccc2c(c1)CN(C(=O)c1ccccc1)CC2)NC(c1ccccc1)c1ccccc1. The van der Waals surface area contributed by atoms with Crippen molar-refractivity contribution in [3.05, 3.63) is 137 Å². The summed E-state index contributed by atoms with van der Waals surface area (Å²) in [7, 11) is 0. The van der Waals surface area contributed by atoms with Crippen LogP contribution in [0.3, 0.4) is 0 Å². The minimum Gasteiger partial charge on any atom is -0.334 e. The first-order valence-corrected chi connectivity index (χ1v) is 11.8. The van der Waals surface area contributed by atoms with E-state index in [4.69, 9.17) is 0 Å². The Bertz CT molecular complexity index is 1270. The molecule has 0 aromatic heterocycles. The summed E-state index contributed by atoms with van der Waals surface area (Å²) in [6.45, 7) is 1.21. The lowest BCUT2D eigenvalue weighted by molar-refractivity contribution is 0.0734. The molecule has 0 bridgehead atoms. The quantitative estimate of drug-likeness (QED) is 0.395. The Kier molecular flexibility index (Phi) is 6.57. The topological polar surface area (TPSA) is 61.4 Å². The van der Waals surface area contributed by atoms with Crippen LogP contribution in [0.25, 0.3) is 0 Å². The highest BCUT2D eigenvalue weighted by Crippen LogP contribution is 2.25. The second kappa shape index (κ2) is 10.3. The van der Waals surface area contributed by atoms with Crippen LogP contribution in [0, 0.1) is 0 Å². The van der Waals surface area contributed by atoms with Crippen molar-refractivity contribution in [2.45, 2.75) is 19.0 Å². The van der Waals surface area contributed by atoms with Gasteiger partial charge in [-0.15, -0.1) is 0 Å². The van der Waals surface area contributed by atoms with E-state index in [1.807, 2.05) is 114 Å². The van der Waals surface area contributed by atoms with E-state index >= 15 is 0 Å². The third-order valence-corrected chi connectivity index (χ3v) is 6.33.